The first-order chi connectivity index (χ1) is 11.5. The predicted octanol–water partition coefficient (Wildman–Crippen LogP) is 4.36. The third kappa shape index (κ3) is 6.72. The van der Waals surface area contributed by atoms with E-state index in [2.05, 4.69) is 4.74 Å². The van der Waals surface area contributed by atoms with Gasteiger partial charge in [-0.3, -0.25) is 0 Å². The van der Waals surface area contributed by atoms with Crippen molar-refractivity contribution in [1.82, 2.24) is 4.90 Å². The molecule has 0 unspecified atom stereocenters. The first-order valence-corrected chi connectivity index (χ1v) is 8.02. The van der Waals surface area contributed by atoms with Gasteiger partial charge < -0.3 is 19.1 Å². The summed E-state index contributed by atoms with van der Waals surface area (Å²) in [4.78, 5) is 13.7. The van der Waals surface area contributed by atoms with Gasteiger partial charge in [-0.2, -0.15) is 0 Å². The molecule has 25 heavy (non-hydrogen) atoms. The minimum Gasteiger partial charge on any atom is -0.488 e. The number of alkyl halides is 3. The first kappa shape index (κ1) is 19.2. The van der Waals surface area contributed by atoms with Gasteiger partial charge in [0.2, 0.25) is 0 Å². The molecule has 5 nitrogen and oxygen atoms in total. The average molecular weight is 361 g/mol. The number of likely N-dealkylation sites (tertiary alicyclic amines) is 1. The van der Waals surface area contributed by atoms with E-state index in [1.165, 1.54) is 18.2 Å². The molecule has 1 aliphatic heterocycles. The summed E-state index contributed by atoms with van der Waals surface area (Å²) >= 11 is 0. The summed E-state index contributed by atoms with van der Waals surface area (Å²) in [6.07, 6.45) is -4.07. The number of carbonyl (C=O) groups is 1. The Bertz CT molecular complexity index is 598. The molecular weight excluding hydrogens is 339 g/mol. The van der Waals surface area contributed by atoms with E-state index >= 15 is 0 Å². The molecule has 1 fully saturated rings. The molecule has 0 aliphatic carbocycles. The van der Waals surface area contributed by atoms with Crippen molar-refractivity contribution in [3.63, 3.8) is 0 Å². The number of hydrogen-bond acceptors (Lipinski definition) is 4. The lowest BCUT2D eigenvalue weighted by atomic mass is 10.1. The third-order valence-electron chi connectivity index (χ3n) is 3.37. The number of amides is 1. The van der Waals surface area contributed by atoms with Crippen LogP contribution in [0.15, 0.2) is 24.3 Å². The number of ether oxygens (including phenoxy) is 3. The second-order valence-electron chi connectivity index (χ2n) is 6.83. The molecule has 0 aromatic heterocycles. The fourth-order valence-electron chi connectivity index (χ4n) is 2.46. The molecule has 0 saturated carbocycles. The molecule has 140 valence electrons. The Kier molecular flexibility index (Phi) is 5.69. The van der Waals surface area contributed by atoms with Gasteiger partial charge in [-0.15, -0.1) is 13.2 Å². The van der Waals surface area contributed by atoms with Gasteiger partial charge in [-0.1, -0.05) is 6.07 Å². The molecule has 0 radical (unpaired) electrons. The summed E-state index contributed by atoms with van der Waals surface area (Å²) < 4.78 is 51.8. The van der Waals surface area contributed by atoms with Crippen LogP contribution in [0.4, 0.5) is 18.0 Å². The van der Waals surface area contributed by atoms with Crippen molar-refractivity contribution in [2.75, 3.05) is 13.1 Å². The van der Waals surface area contributed by atoms with Crippen LogP contribution in [0.3, 0.4) is 0 Å². The lowest BCUT2D eigenvalue weighted by molar-refractivity contribution is -0.274. The highest BCUT2D eigenvalue weighted by atomic mass is 19.4. The van der Waals surface area contributed by atoms with Gasteiger partial charge >= 0.3 is 12.5 Å². The van der Waals surface area contributed by atoms with Crippen LogP contribution in [-0.4, -0.2) is 42.2 Å². The van der Waals surface area contributed by atoms with E-state index in [9.17, 15) is 18.0 Å². The molecule has 2 rings (SSSR count). The van der Waals surface area contributed by atoms with Gasteiger partial charge in [-0.05, 0) is 45.7 Å². The van der Waals surface area contributed by atoms with E-state index in [-0.39, 0.29) is 17.6 Å². The zero-order valence-corrected chi connectivity index (χ0v) is 14.4. The van der Waals surface area contributed by atoms with Crippen molar-refractivity contribution >= 4 is 6.09 Å². The maximum absolute atomic E-state index is 12.3. The topological polar surface area (TPSA) is 48.0 Å². The molecule has 0 spiro atoms. The van der Waals surface area contributed by atoms with E-state index in [1.54, 1.807) is 31.7 Å². The Morgan fingerprint density at radius 2 is 1.88 bits per heavy atom. The Balaban J connectivity index is 1.96. The highest BCUT2D eigenvalue weighted by Crippen LogP contribution is 2.27. The van der Waals surface area contributed by atoms with Crippen LogP contribution in [0.2, 0.25) is 0 Å². The number of halogens is 3. The highest BCUT2D eigenvalue weighted by Gasteiger charge is 2.32. The van der Waals surface area contributed by atoms with Crippen LogP contribution in [0.25, 0.3) is 0 Å². The molecule has 1 amide bonds. The second-order valence-corrected chi connectivity index (χ2v) is 6.83. The first-order valence-electron chi connectivity index (χ1n) is 8.02. The van der Waals surface area contributed by atoms with Gasteiger partial charge in [0.1, 0.15) is 23.2 Å². The summed E-state index contributed by atoms with van der Waals surface area (Å²) in [5.41, 5.74) is -0.589. The molecule has 0 bridgehead atoms. The molecule has 0 N–H and O–H groups in total. The maximum Gasteiger partial charge on any atom is 0.573 e. The number of hydrogen-bond donors (Lipinski definition) is 0. The maximum atomic E-state index is 12.3. The second kappa shape index (κ2) is 7.41. The third-order valence-corrected chi connectivity index (χ3v) is 3.37. The summed E-state index contributed by atoms with van der Waals surface area (Å²) in [5, 5.41) is 0. The number of carbonyl (C=O) groups excluding carboxylic acids is 1. The number of benzene rings is 1. The molecule has 1 aromatic carbocycles. The van der Waals surface area contributed by atoms with Crippen LogP contribution >= 0.6 is 0 Å². The van der Waals surface area contributed by atoms with Crippen molar-refractivity contribution in [1.29, 1.82) is 0 Å². The van der Waals surface area contributed by atoms with Crippen molar-refractivity contribution in [2.45, 2.75) is 51.7 Å². The molecule has 1 heterocycles. The Hall–Kier alpha value is -2.12. The van der Waals surface area contributed by atoms with Crippen molar-refractivity contribution in [2.24, 2.45) is 0 Å². The molecular formula is C17H22F3NO4. The van der Waals surface area contributed by atoms with Gasteiger partial charge in [0.15, 0.2) is 0 Å². The quantitative estimate of drug-likeness (QED) is 0.802. The monoisotopic (exact) mass is 361 g/mol. The van der Waals surface area contributed by atoms with Crippen LogP contribution < -0.4 is 9.47 Å². The van der Waals surface area contributed by atoms with E-state index in [4.69, 9.17) is 9.47 Å². The van der Waals surface area contributed by atoms with Gasteiger partial charge in [0.05, 0.1) is 6.54 Å². The predicted molar refractivity (Wildman–Crippen MR) is 84.6 cm³/mol. The molecule has 1 aromatic rings. The normalized spacial score (nSPS) is 18.6. The summed E-state index contributed by atoms with van der Waals surface area (Å²) in [6, 6.07) is 5.36. The van der Waals surface area contributed by atoms with Crippen LogP contribution in [0.5, 0.6) is 11.5 Å². The Morgan fingerprint density at radius 3 is 2.52 bits per heavy atom. The standard InChI is InChI=1S/C17H22F3NO4/c1-16(2,3)25-15(22)21-9-5-8-14(11-21)23-12-6-4-7-13(10-12)24-17(18,19)20/h4,6-7,10,14H,5,8-9,11H2,1-3H3/t14-/m0/s1. The van der Waals surface area contributed by atoms with Gasteiger partial charge in [-0.25, -0.2) is 4.79 Å². The smallest absolute Gasteiger partial charge is 0.488 e. The summed E-state index contributed by atoms with van der Waals surface area (Å²) in [6.45, 7) is 6.24. The van der Waals surface area contributed by atoms with Crippen LogP contribution in [-0.2, 0) is 4.74 Å². The van der Waals surface area contributed by atoms with Gasteiger partial charge in [0, 0.05) is 12.6 Å². The molecule has 1 atom stereocenters. The zero-order chi connectivity index (χ0) is 18.7. The number of piperidine rings is 1. The van der Waals surface area contributed by atoms with E-state index in [0.29, 0.717) is 19.5 Å². The molecule has 8 heteroatoms. The van der Waals surface area contributed by atoms with Crippen molar-refractivity contribution in [3.05, 3.63) is 24.3 Å². The van der Waals surface area contributed by atoms with Crippen LogP contribution in [0.1, 0.15) is 33.6 Å². The lowest BCUT2D eigenvalue weighted by Gasteiger charge is -2.34. The molecule has 1 saturated heterocycles. The largest absolute Gasteiger partial charge is 0.573 e. The zero-order valence-electron chi connectivity index (χ0n) is 14.4. The highest BCUT2D eigenvalue weighted by molar-refractivity contribution is 5.68. The van der Waals surface area contributed by atoms with Crippen LogP contribution in [0, 0.1) is 0 Å². The summed E-state index contributed by atoms with van der Waals surface area (Å²) in [7, 11) is 0. The van der Waals surface area contributed by atoms with E-state index in [0.717, 1.165) is 6.42 Å². The van der Waals surface area contributed by atoms with E-state index in [1.807, 2.05) is 0 Å². The number of rotatable bonds is 3. The van der Waals surface area contributed by atoms with Crippen molar-refractivity contribution < 1.29 is 32.2 Å². The fourth-order valence-corrected chi connectivity index (χ4v) is 2.46. The average Bonchev–Trinajstić information content (AvgIpc) is 2.44. The minimum absolute atomic E-state index is 0.262. The van der Waals surface area contributed by atoms with E-state index < -0.39 is 18.1 Å². The lowest BCUT2D eigenvalue weighted by Crippen LogP contribution is -2.46. The Morgan fingerprint density at radius 1 is 1.20 bits per heavy atom. The summed E-state index contributed by atoms with van der Waals surface area (Å²) in [5.74, 6) is -0.0809. The minimum atomic E-state index is -4.75. The number of nitrogens with zero attached hydrogens (tertiary/aromatic N) is 1. The Labute approximate surface area is 144 Å². The molecule has 1 aliphatic rings. The SMILES string of the molecule is CC(C)(C)OC(=O)N1CCC[C@H](Oc2cccc(OC(F)(F)F)c2)C1. The van der Waals surface area contributed by atoms with Gasteiger partial charge in [0.25, 0.3) is 0 Å². The fraction of sp³-hybridized carbons (Fsp3) is 0.588. The van der Waals surface area contributed by atoms with Crippen molar-refractivity contribution in [3.8, 4) is 11.5 Å².